The van der Waals surface area contributed by atoms with Crippen LogP contribution in [0.3, 0.4) is 0 Å². The third-order valence-electron chi connectivity index (χ3n) is 5.22. The first-order chi connectivity index (χ1) is 15.4. The van der Waals surface area contributed by atoms with Crippen LogP contribution in [0.2, 0.25) is 0 Å². The molecule has 0 bridgehead atoms. The number of benzene rings is 2. The van der Waals surface area contributed by atoms with Crippen LogP contribution >= 0.6 is 0 Å². The normalized spacial score (nSPS) is 17.8. The molecule has 7 heteroatoms. The summed E-state index contributed by atoms with van der Waals surface area (Å²) in [5, 5.41) is 11.1. The summed E-state index contributed by atoms with van der Waals surface area (Å²) in [6.45, 7) is 5.13. The molecule has 2 aromatic rings. The second-order valence-corrected chi connectivity index (χ2v) is 7.96. The van der Waals surface area contributed by atoms with Crippen LogP contribution in [0, 0.1) is 5.92 Å². The number of Topliss-reactive ketones (excluding diaryl/α,β-unsaturated/α-hetero) is 1. The van der Waals surface area contributed by atoms with Crippen molar-refractivity contribution in [3.63, 3.8) is 0 Å². The van der Waals surface area contributed by atoms with Gasteiger partial charge in [-0.15, -0.1) is 0 Å². The molecule has 1 aliphatic heterocycles. The highest BCUT2D eigenvalue weighted by molar-refractivity contribution is 6.46. The van der Waals surface area contributed by atoms with Crippen molar-refractivity contribution in [1.82, 2.24) is 4.90 Å². The molecule has 2 aromatic carbocycles. The van der Waals surface area contributed by atoms with Crippen molar-refractivity contribution in [1.29, 1.82) is 0 Å². The van der Waals surface area contributed by atoms with Crippen molar-refractivity contribution in [2.45, 2.75) is 19.9 Å². The molecule has 32 heavy (non-hydrogen) atoms. The topological polar surface area (TPSA) is 85.3 Å². The summed E-state index contributed by atoms with van der Waals surface area (Å²) in [5.41, 5.74) is 1.06. The van der Waals surface area contributed by atoms with Crippen molar-refractivity contribution >= 4 is 17.4 Å². The Morgan fingerprint density at radius 1 is 1.06 bits per heavy atom. The largest absolute Gasteiger partial charge is 0.507 e. The predicted octanol–water partition coefficient (Wildman–Crippen LogP) is 3.80. The number of para-hydroxylation sites is 1. The molecule has 0 aliphatic carbocycles. The number of likely N-dealkylation sites (tertiary alicyclic amines) is 1. The van der Waals surface area contributed by atoms with Gasteiger partial charge in [0.15, 0.2) is 0 Å². The minimum absolute atomic E-state index is 0.0199. The van der Waals surface area contributed by atoms with E-state index in [2.05, 4.69) is 13.8 Å². The molecule has 1 aliphatic rings. The lowest BCUT2D eigenvalue weighted by Gasteiger charge is -2.26. The molecule has 1 amide bonds. The van der Waals surface area contributed by atoms with E-state index < -0.39 is 17.7 Å². The number of ketones is 1. The number of carbonyl (C=O) groups is 2. The zero-order valence-corrected chi connectivity index (χ0v) is 18.8. The van der Waals surface area contributed by atoms with E-state index in [-0.39, 0.29) is 24.5 Å². The number of hydrogen-bond acceptors (Lipinski definition) is 6. The minimum Gasteiger partial charge on any atom is -0.507 e. The van der Waals surface area contributed by atoms with Gasteiger partial charge in [0.25, 0.3) is 11.7 Å². The van der Waals surface area contributed by atoms with Gasteiger partial charge in [0.1, 0.15) is 17.3 Å². The van der Waals surface area contributed by atoms with Gasteiger partial charge in [0.2, 0.25) is 0 Å². The maximum atomic E-state index is 13.0. The Balaban J connectivity index is 2.07. The molecule has 0 saturated carbocycles. The Bertz CT molecular complexity index is 996. The zero-order chi connectivity index (χ0) is 23.3. The Morgan fingerprint density at radius 3 is 2.38 bits per heavy atom. The highest BCUT2D eigenvalue weighted by Gasteiger charge is 2.46. The number of aliphatic hydroxyl groups is 1. The van der Waals surface area contributed by atoms with Crippen molar-refractivity contribution in [2.75, 3.05) is 34.0 Å². The van der Waals surface area contributed by atoms with Gasteiger partial charge in [-0.3, -0.25) is 9.59 Å². The summed E-state index contributed by atoms with van der Waals surface area (Å²) >= 11 is 0. The first-order valence-electron chi connectivity index (χ1n) is 10.5. The second kappa shape index (κ2) is 10.3. The third-order valence-corrected chi connectivity index (χ3v) is 5.22. The van der Waals surface area contributed by atoms with Gasteiger partial charge in [-0.25, -0.2) is 0 Å². The summed E-state index contributed by atoms with van der Waals surface area (Å²) in [5.74, 6) is -0.102. The average molecular weight is 440 g/mol. The maximum Gasteiger partial charge on any atom is 0.295 e. The Morgan fingerprint density at radius 2 is 1.75 bits per heavy atom. The molecule has 1 heterocycles. The van der Waals surface area contributed by atoms with E-state index in [1.807, 2.05) is 0 Å². The van der Waals surface area contributed by atoms with Crippen LogP contribution in [-0.4, -0.2) is 55.7 Å². The molecule has 0 spiro atoms. The molecule has 1 unspecified atom stereocenters. The number of nitrogens with zero attached hydrogens (tertiary/aromatic N) is 1. The minimum atomic E-state index is -0.793. The van der Waals surface area contributed by atoms with Gasteiger partial charge in [-0.05, 0) is 36.2 Å². The monoisotopic (exact) mass is 439 g/mol. The SMILES string of the molecule is COCCN1C(=O)C(=O)C(=C(O)c2ccc(OCC(C)C)cc2)C1c1ccccc1OC. The van der Waals surface area contributed by atoms with E-state index in [4.69, 9.17) is 14.2 Å². The van der Waals surface area contributed by atoms with E-state index >= 15 is 0 Å². The number of ether oxygens (including phenoxy) is 3. The molecule has 170 valence electrons. The molecule has 1 saturated heterocycles. The van der Waals surface area contributed by atoms with E-state index in [0.29, 0.717) is 35.2 Å². The molecule has 3 rings (SSSR count). The van der Waals surface area contributed by atoms with Gasteiger partial charge in [-0.1, -0.05) is 32.0 Å². The Kier molecular flexibility index (Phi) is 7.53. The van der Waals surface area contributed by atoms with Crippen LogP contribution in [0.25, 0.3) is 5.76 Å². The van der Waals surface area contributed by atoms with Crippen LogP contribution in [-0.2, 0) is 14.3 Å². The average Bonchev–Trinajstić information content (AvgIpc) is 3.05. The van der Waals surface area contributed by atoms with E-state index in [1.165, 1.54) is 19.1 Å². The van der Waals surface area contributed by atoms with Gasteiger partial charge < -0.3 is 24.2 Å². The number of aliphatic hydroxyl groups excluding tert-OH is 1. The highest BCUT2D eigenvalue weighted by atomic mass is 16.5. The van der Waals surface area contributed by atoms with Crippen molar-refractivity contribution in [3.05, 3.63) is 65.2 Å². The van der Waals surface area contributed by atoms with Gasteiger partial charge in [-0.2, -0.15) is 0 Å². The van der Waals surface area contributed by atoms with E-state index in [0.717, 1.165) is 0 Å². The summed E-state index contributed by atoms with van der Waals surface area (Å²) < 4.78 is 16.3. The third kappa shape index (κ3) is 4.78. The number of amides is 1. The van der Waals surface area contributed by atoms with E-state index in [1.54, 1.807) is 48.5 Å². The number of carbonyl (C=O) groups excluding carboxylic acids is 2. The number of methoxy groups -OCH3 is 2. The summed E-state index contributed by atoms with van der Waals surface area (Å²) in [7, 11) is 3.05. The lowest BCUT2D eigenvalue weighted by atomic mass is 9.94. The molecule has 0 aromatic heterocycles. The molecule has 1 atom stereocenters. The first kappa shape index (κ1) is 23.3. The summed E-state index contributed by atoms with van der Waals surface area (Å²) in [4.78, 5) is 27.3. The second-order valence-electron chi connectivity index (χ2n) is 7.96. The van der Waals surface area contributed by atoms with Crippen molar-refractivity contribution in [3.8, 4) is 11.5 Å². The smallest absolute Gasteiger partial charge is 0.295 e. The van der Waals surface area contributed by atoms with Gasteiger partial charge in [0.05, 0.1) is 31.9 Å². The molecule has 0 radical (unpaired) electrons. The molecular weight excluding hydrogens is 410 g/mol. The molecule has 1 N–H and O–H groups in total. The van der Waals surface area contributed by atoms with Crippen LogP contribution < -0.4 is 9.47 Å². The van der Waals surface area contributed by atoms with Crippen molar-refractivity contribution < 1.29 is 28.9 Å². The van der Waals surface area contributed by atoms with E-state index in [9.17, 15) is 14.7 Å². The lowest BCUT2D eigenvalue weighted by molar-refractivity contribution is -0.140. The Hall–Kier alpha value is -3.32. The fourth-order valence-electron chi connectivity index (χ4n) is 3.64. The van der Waals surface area contributed by atoms with Crippen LogP contribution in [0.4, 0.5) is 0 Å². The highest BCUT2D eigenvalue weighted by Crippen LogP contribution is 2.42. The summed E-state index contributed by atoms with van der Waals surface area (Å²) in [6, 6.07) is 13.2. The van der Waals surface area contributed by atoms with Gasteiger partial charge >= 0.3 is 0 Å². The maximum absolute atomic E-state index is 13.0. The number of hydrogen-bond donors (Lipinski definition) is 1. The predicted molar refractivity (Wildman–Crippen MR) is 121 cm³/mol. The zero-order valence-electron chi connectivity index (χ0n) is 18.8. The van der Waals surface area contributed by atoms with Crippen LogP contribution in [0.5, 0.6) is 11.5 Å². The standard InChI is InChI=1S/C25H29NO6/c1-16(2)15-32-18-11-9-17(10-12-18)23(27)21-22(19-7-5-6-8-20(19)31-4)26(13-14-30-3)25(29)24(21)28/h5-12,16,22,27H,13-15H2,1-4H3. The van der Waals surface area contributed by atoms with Crippen LogP contribution in [0.1, 0.15) is 31.0 Å². The molecule has 7 nitrogen and oxygen atoms in total. The van der Waals surface area contributed by atoms with Crippen LogP contribution in [0.15, 0.2) is 54.1 Å². The fourth-order valence-corrected chi connectivity index (χ4v) is 3.64. The number of rotatable bonds is 9. The van der Waals surface area contributed by atoms with Crippen molar-refractivity contribution in [2.24, 2.45) is 5.92 Å². The van der Waals surface area contributed by atoms with Gasteiger partial charge in [0, 0.05) is 24.8 Å². The Labute approximate surface area is 188 Å². The fraction of sp³-hybridized carbons (Fsp3) is 0.360. The lowest BCUT2D eigenvalue weighted by Crippen LogP contribution is -2.32. The molecular formula is C25H29NO6. The molecule has 1 fully saturated rings. The summed E-state index contributed by atoms with van der Waals surface area (Å²) in [6.07, 6.45) is 0. The quantitative estimate of drug-likeness (QED) is 0.363. The first-order valence-corrected chi connectivity index (χ1v) is 10.5.